The van der Waals surface area contributed by atoms with Crippen molar-refractivity contribution in [3.63, 3.8) is 0 Å². The zero-order valence-electron chi connectivity index (χ0n) is 21.8. The van der Waals surface area contributed by atoms with Crippen LogP contribution in [-0.4, -0.2) is 33.1 Å². The van der Waals surface area contributed by atoms with Gasteiger partial charge in [-0.3, -0.25) is 0 Å². The molecule has 5 aliphatic rings. The number of sulfonamides is 1. The summed E-state index contributed by atoms with van der Waals surface area (Å²) in [6.07, 6.45) is 12.0. The van der Waals surface area contributed by atoms with Crippen molar-refractivity contribution in [3.8, 4) is 0 Å². The first-order valence-electron chi connectivity index (χ1n) is 13.4. The van der Waals surface area contributed by atoms with Crippen LogP contribution in [0.5, 0.6) is 0 Å². The fourth-order valence-corrected chi connectivity index (χ4v) is 8.89. The van der Waals surface area contributed by atoms with Crippen LogP contribution in [0, 0.1) is 41.4 Å². The largest absolute Gasteiger partial charge is 0.347 e. The second-order valence-electron chi connectivity index (χ2n) is 12.1. The molecular weight excluding hydrogens is 472 g/mol. The van der Waals surface area contributed by atoms with Crippen LogP contribution in [0.15, 0.2) is 58.1 Å². The lowest BCUT2D eigenvalue weighted by Crippen LogP contribution is -2.56. The maximum absolute atomic E-state index is 13.1. The van der Waals surface area contributed by atoms with E-state index in [1.54, 1.807) is 12.1 Å². The number of allylic oxidation sites excluding steroid dienone is 4. The molecule has 0 radical (unpaired) electrons. The first kappa shape index (κ1) is 24.4. The van der Waals surface area contributed by atoms with Crippen molar-refractivity contribution in [1.29, 1.82) is 0 Å². The number of aryl methyl sites for hydroxylation is 1. The van der Waals surface area contributed by atoms with Gasteiger partial charge in [-0.1, -0.05) is 56.2 Å². The van der Waals surface area contributed by atoms with Crippen LogP contribution in [0.4, 0.5) is 0 Å². The van der Waals surface area contributed by atoms with Crippen molar-refractivity contribution in [2.24, 2.45) is 39.6 Å². The SMILES string of the molecule is Cc1ccc(S(=O)(=O)NN=C2C=C3CC(C)C=C[C@]3(C)C3CC[C@@]4(C)C(CCC45OCCO5)C23)cc1. The second-order valence-corrected chi connectivity index (χ2v) is 13.8. The number of nitrogens with zero attached hydrogens (tertiary/aromatic N) is 1. The molecule has 1 aromatic rings. The molecule has 0 bridgehead atoms. The summed E-state index contributed by atoms with van der Waals surface area (Å²) in [4.78, 5) is 2.84. The molecule has 6 nitrogen and oxygen atoms in total. The average Bonchev–Trinajstić information content (AvgIpc) is 3.44. The van der Waals surface area contributed by atoms with E-state index in [9.17, 15) is 8.42 Å². The molecule has 3 fully saturated rings. The molecule has 6 rings (SSSR count). The van der Waals surface area contributed by atoms with Gasteiger partial charge in [0, 0.05) is 23.2 Å². The Labute approximate surface area is 215 Å². The van der Waals surface area contributed by atoms with Crippen molar-refractivity contribution < 1.29 is 17.9 Å². The van der Waals surface area contributed by atoms with Gasteiger partial charge < -0.3 is 9.47 Å². The molecule has 0 aromatic heterocycles. The maximum atomic E-state index is 13.1. The van der Waals surface area contributed by atoms with Crippen molar-refractivity contribution in [2.45, 2.75) is 70.5 Å². The summed E-state index contributed by atoms with van der Waals surface area (Å²) in [5.74, 6) is 0.785. The lowest BCUT2D eigenvalue weighted by molar-refractivity contribution is -0.237. The summed E-state index contributed by atoms with van der Waals surface area (Å²) < 4.78 is 38.9. The fourth-order valence-electron chi connectivity index (χ4n) is 8.06. The molecule has 1 heterocycles. The Kier molecular flexibility index (Phi) is 5.60. The standard InChI is InChI=1S/C29H38N2O4S/c1-19-5-7-22(8-6-19)36(32,33)31-30-25-18-21-17-20(2)9-12-27(21,3)23-10-13-28(4)24(26(23)25)11-14-29(28)34-15-16-35-29/h5-9,12,18,20,23-24,26,31H,10-11,13-17H2,1-4H3/t20?,23?,24?,26?,27-,28-/m0/s1. The van der Waals surface area contributed by atoms with E-state index in [2.05, 4.69) is 48.9 Å². The van der Waals surface area contributed by atoms with Crippen LogP contribution in [0.25, 0.3) is 0 Å². The highest BCUT2D eigenvalue weighted by molar-refractivity contribution is 7.89. The van der Waals surface area contributed by atoms with Crippen LogP contribution >= 0.6 is 0 Å². The third-order valence-electron chi connectivity index (χ3n) is 10.1. The predicted molar refractivity (Wildman–Crippen MR) is 140 cm³/mol. The number of hydrogen-bond acceptors (Lipinski definition) is 5. The Balaban J connectivity index is 1.42. The minimum atomic E-state index is -3.76. The molecule has 0 amide bonds. The van der Waals surface area contributed by atoms with Crippen molar-refractivity contribution in [2.75, 3.05) is 13.2 Å². The van der Waals surface area contributed by atoms with Crippen molar-refractivity contribution >= 4 is 15.7 Å². The van der Waals surface area contributed by atoms with E-state index in [1.807, 2.05) is 19.1 Å². The van der Waals surface area contributed by atoms with Crippen molar-refractivity contribution in [1.82, 2.24) is 4.83 Å². The number of hydrazone groups is 1. The summed E-state index contributed by atoms with van der Waals surface area (Å²) in [7, 11) is -3.76. The molecule has 1 aromatic carbocycles. The van der Waals surface area contributed by atoms with E-state index in [0.29, 0.717) is 31.0 Å². The number of benzene rings is 1. The van der Waals surface area contributed by atoms with E-state index in [4.69, 9.17) is 9.47 Å². The van der Waals surface area contributed by atoms with Crippen LogP contribution in [0.3, 0.4) is 0 Å². The molecule has 1 spiro atoms. The summed E-state index contributed by atoms with van der Waals surface area (Å²) >= 11 is 0. The molecule has 7 heteroatoms. The van der Waals surface area contributed by atoms with E-state index < -0.39 is 15.8 Å². The Morgan fingerprint density at radius 3 is 2.44 bits per heavy atom. The van der Waals surface area contributed by atoms with Gasteiger partial charge in [0.2, 0.25) is 0 Å². The molecule has 2 saturated carbocycles. The van der Waals surface area contributed by atoms with Gasteiger partial charge in [0.05, 0.1) is 23.8 Å². The minimum Gasteiger partial charge on any atom is -0.347 e. The summed E-state index contributed by atoms with van der Waals surface area (Å²) in [5.41, 5.74) is 3.12. The van der Waals surface area contributed by atoms with E-state index in [0.717, 1.165) is 43.4 Å². The van der Waals surface area contributed by atoms with Gasteiger partial charge in [-0.2, -0.15) is 18.4 Å². The molecule has 6 atom stereocenters. The molecule has 4 aliphatic carbocycles. The Bertz CT molecular complexity index is 1240. The monoisotopic (exact) mass is 510 g/mol. The van der Waals surface area contributed by atoms with Crippen LogP contribution in [0.2, 0.25) is 0 Å². The fraction of sp³-hybridized carbons (Fsp3) is 0.621. The van der Waals surface area contributed by atoms with Gasteiger partial charge in [0.25, 0.3) is 10.0 Å². The molecule has 36 heavy (non-hydrogen) atoms. The van der Waals surface area contributed by atoms with Crippen LogP contribution in [0.1, 0.15) is 58.4 Å². The Morgan fingerprint density at radius 1 is 1.03 bits per heavy atom. The number of nitrogens with one attached hydrogen (secondary N) is 1. The topological polar surface area (TPSA) is 77.0 Å². The predicted octanol–water partition coefficient (Wildman–Crippen LogP) is 5.36. The van der Waals surface area contributed by atoms with E-state index in [-0.39, 0.29) is 21.6 Å². The summed E-state index contributed by atoms with van der Waals surface area (Å²) in [6, 6.07) is 6.90. The van der Waals surface area contributed by atoms with Gasteiger partial charge in [-0.05, 0) is 68.6 Å². The molecule has 1 N–H and O–H groups in total. The number of hydrogen-bond donors (Lipinski definition) is 1. The number of fused-ring (bicyclic) bond motifs is 6. The minimum absolute atomic E-state index is 0.0273. The highest BCUT2D eigenvalue weighted by Gasteiger charge is 2.67. The summed E-state index contributed by atoms with van der Waals surface area (Å²) in [5, 5.41) is 4.69. The third-order valence-corrected chi connectivity index (χ3v) is 11.4. The average molecular weight is 511 g/mol. The van der Waals surface area contributed by atoms with Gasteiger partial charge >= 0.3 is 0 Å². The Hall–Kier alpha value is -1.96. The molecule has 194 valence electrons. The lowest BCUT2D eigenvalue weighted by atomic mass is 9.48. The zero-order chi connectivity index (χ0) is 25.3. The van der Waals surface area contributed by atoms with Gasteiger partial charge in [-0.15, -0.1) is 0 Å². The van der Waals surface area contributed by atoms with Gasteiger partial charge in [0.15, 0.2) is 5.79 Å². The quantitative estimate of drug-likeness (QED) is 0.439. The van der Waals surface area contributed by atoms with E-state index >= 15 is 0 Å². The lowest BCUT2D eigenvalue weighted by Gasteiger charge is -2.57. The van der Waals surface area contributed by atoms with E-state index in [1.165, 1.54) is 5.57 Å². The zero-order valence-corrected chi connectivity index (χ0v) is 22.6. The smallest absolute Gasteiger partial charge is 0.276 e. The first-order chi connectivity index (χ1) is 17.1. The number of rotatable bonds is 3. The van der Waals surface area contributed by atoms with Gasteiger partial charge in [-0.25, -0.2) is 0 Å². The first-order valence-corrected chi connectivity index (χ1v) is 14.9. The second kappa shape index (κ2) is 8.27. The van der Waals surface area contributed by atoms with Crippen LogP contribution in [-0.2, 0) is 19.5 Å². The third kappa shape index (κ3) is 3.49. The summed E-state index contributed by atoms with van der Waals surface area (Å²) in [6.45, 7) is 10.2. The highest BCUT2D eigenvalue weighted by atomic mass is 32.2. The maximum Gasteiger partial charge on any atom is 0.276 e. The number of ether oxygens (including phenoxy) is 2. The highest BCUT2D eigenvalue weighted by Crippen LogP contribution is 2.67. The Morgan fingerprint density at radius 2 is 1.72 bits per heavy atom. The van der Waals surface area contributed by atoms with Crippen molar-refractivity contribution in [3.05, 3.63) is 53.6 Å². The van der Waals surface area contributed by atoms with Gasteiger partial charge in [0.1, 0.15) is 0 Å². The normalized spacial score (nSPS) is 40.0. The molecule has 1 aliphatic heterocycles. The van der Waals surface area contributed by atoms with Crippen LogP contribution < -0.4 is 4.83 Å². The molecule has 1 saturated heterocycles. The molecule has 4 unspecified atom stereocenters. The molecular formula is C29H38N2O4S.